The highest BCUT2D eigenvalue weighted by Crippen LogP contribution is 2.08. The summed E-state index contributed by atoms with van der Waals surface area (Å²) in [5.74, 6) is 0. The number of nitrogens with zero attached hydrogens (tertiary/aromatic N) is 4. The van der Waals surface area contributed by atoms with Gasteiger partial charge in [-0.2, -0.15) is 0 Å². The third-order valence-electron chi connectivity index (χ3n) is 1.25. The predicted octanol–water partition coefficient (Wildman–Crippen LogP) is 1.89. The molecule has 0 fully saturated rings. The molecule has 1 heterocycles. The summed E-state index contributed by atoms with van der Waals surface area (Å²) in [6, 6.07) is 0. The summed E-state index contributed by atoms with van der Waals surface area (Å²) in [4.78, 5) is 2.11. The zero-order valence-electron chi connectivity index (χ0n) is 10.9. The molecule has 0 bridgehead atoms. The maximum atomic E-state index is 3.83. The van der Waals surface area contributed by atoms with Crippen molar-refractivity contribution in [2.45, 2.75) is 34.2 Å². The van der Waals surface area contributed by atoms with E-state index in [9.17, 15) is 0 Å². The van der Waals surface area contributed by atoms with Crippen LogP contribution in [-0.2, 0) is 6.54 Å². The summed E-state index contributed by atoms with van der Waals surface area (Å²) in [5.41, 5.74) is 0.500. The number of aromatic nitrogens is 3. The van der Waals surface area contributed by atoms with Crippen LogP contribution in [0.2, 0.25) is 0 Å². The van der Waals surface area contributed by atoms with Gasteiger partial charge in [-0.3, -0.25) is 4.68 Å². The van der Waals surface area contributed by atoms with E-state index >= 15 is 0 Å². The lowest BCUT2D eigenvalue weighted by atomic mass is 10.0. The zero-order valence-corrected chi connectivity index (χ0v) is 10.9. The molecule has 0 saturated carbocycles. The van der Waals surface area contributed by atoms with Crippen molar-refractivity contribution in [1.82, 2.24) is 19.9 Å². The van der Waals surface area contributed by atoms with Crippen molar-refractivity contribution in [2.75, 3.05) is 20.6 Å². The molecule has 0 aliphatic rings. The van der Waals surface area contributed by atoms with Crippen LogP contribution in [0.4, 0.5) is 0 Å². The average molecular weight is 212 g/mol. The normalized spacial score (nSPS) is 11.1. The van der Waals surface area contributed by atoms with Crippen molar-refractivity contribution >= 4 is 0 Å². The summed E-state index contributed by atoms with van der Waals surface area (Å²) < 4.78 is 1.82. The van der Waals surface area contributed by atoms with E-state index < -0.39 is 0 Å². The summed E-state index contributed by atoms with van der Waals surface area (Å²) in [5, 5.41) is 7.52. The molecule has 0 aliphatic heterocycles. The Hall–Kier alpha value is -0.900. The van der Waals surface area contributed by atoms with Gasteiger partial charge in [0, 0.05) is 12.7 Å². The Bertz CT molecular complexity index is 228. The van der Waals surface area contributed by atoms with Crippen molar-refractivity contribution in [3.05, 3.63) is 12.4 Å². The number of rotatable bonds is 3. The van der Waals surface area contributed by atoms with Crippen molar-refractivity contribution in [2.24, 2.45) is 5.41 Å². The van der Waals surface area contributed by atoms with Gasteiger partial charge in [0.05, 0.1) is 12.7 Å². The van der Waals surface area contributed by atoms with Crippen LogP contribution >= 0.6 is 0 Å². The Balaban J connectivity index is 0.000000336. The molecule has 88 valence electrons. The average Bonchev–Trinajstić information content (AvgIpc) is 2.48. The van der Waals surface area contributed by atoms with E-state index in [0.717, 1.165) is 13.1 Å². The Morgan fingerprint density at radius 2 is 1.73 bits per heavy atom. The molecule has 0 atom stereocenters. The van der Waals surface area contributed by atoms with E-state index in [-0.39, 0.29) is 0 Å². The van der Waals surface area contributed by atoms with Crippen molar-refractivity contribution in [3.63, 3.8) is 0 Å². The van der Waals surface area contributed by atoms with E-state index in [2.05, 4.69) is 42.9 Å². The fraction of sp³-hybridized carbons (Fsp3) is 0.818. The first-order valence-electron chi connectivity index (χ1n) is 5.28. The van der Waals surface area contributed by atoms with Crippen LogP contribution in [0.3, 0.4) is 0 Å². The molecular formula is C11H24N4. The van der Waals surface area contributed by atoms with E-state index in [1.54, 1.807) is 6.20 Å². The molecule has 0 aromatic carbocycles. The first-order valence-corrected chi connectivity index (χ1v) is 5.28. The molecule has 0 amide bonds. The van der Waals surface area contributed by atoms with Gasteiger partial charge in [0.2, 0.25) is 0 Å². The van der Waals surface area contributed by atoms with Gasteiger partial charge < -0.3 is 4.90 Å². The van der Waals surface area contributed by atoms with Gasteiger partial charge >= 0.3 is 0 Å². The lowest BCUT2D eigenvalue weighted by Gasteiger charge is -2.07. The second kappa shape index (κ2) is 6.56. The molecule has 0 unspecified atom stereocenters. The molecular weight excluding hydrogens is 188 g/mol. The summed E-state index contributed by atoms with van der Waals surface area (Å²) >= 11 is 0. The molecule has 4 nitrogen and oxygen atoms in total. The molecule has 15 heavy (non-hydrogen) atoms. The maximum absolute atomic E-state index is 3.83. The maximum Gasteiger partial charge on any atom is 0.0692 e. The number of hydrogen-bond donors (Lipinski definition) is 0. The van der Waals surface area contributed by atoms with E-state index in [0.29, 0.717) is 5.41 Å². The third kappa shape index (κ3) is 13.1. The van der Waals surface area contributed by atoms with Crippen LogP contribution in [0.5, 0.6) is 0 Å². The fourth-order valence-electron chi connectivity index (χ4n) is 0.654. The Kier molecular flexibility index (Phi) is 6.17. The molecule has 0 N–H and O–H groups in total. The fourth-order valence-corrected chi connectivity index (χ4v) is 0.654. The summed E-state index contributed by atoms with van der Waals surface area (Å²) in [6.45, 7) is 10.7. The minimum Gasteiger partial charge on any atom is -0.308 e. The van der Waals surface area contributed by atoms with Crippen molar-refractivity contribution in [1.29, 1.82) is 0 Å². The lowest BCUT2D eigenvalue weighted by molar-refractivity contribution is 0.370. The topological polar surface area (TPSA) is 34.0 Å². The second-order valence-electron chi connectivity index (χ2n) is 5.47. The quantitative estimate of drug-likeness (QED) is 0.767. The molecule has 4 heteroatoms. The summed E-state index contributed by atoms with van der Waals surface area (Å²) in [6.07, 6.45) is 3.55. The van der Waals surface area contributed by atoms with Gasteiger partial charge in [0.1, 0.15) is 0 Å². The standard InChI is InChI=1S/C6H12N4.C5H12/c1-9(2)5-6-10-4-3-7-8-10;1-5(2,3)4/h3-4H,5-6H2,1-2H3;1-4H3. The smallest absolute Gasteiger partial charge is 0.0692 e. The van der Waals surface area contributed by atoms with Gasteiger partial charge in [-0.15, -0.1) is 5.10 Å². The second-order valence-corrected chi connectivity index (χ2v) is 5.47. The minimum absolute atomic E-state index is 0.500. The van der Waals surface area contributed by atoms with Gasteiger partial charge in [-0.1, -0.05) is 32.9 Å². The van der Waals surface area contributed by atoms with Gasteiger partial charge in [0.15, 0.2) is 0 Å². The Morgan fingerprint density at radius 3 is 2.07 bits per heavy atom. The highest BCUT2D eigenvalue weighted by atomic mass is 15.4. The van der Waals surface area contributed by atoms with E-state index in [1.165, 1.54) is 0 Å². The number of hydrogen-bond acceptors (Lipinski definition) is 3. The minimum atomic E-state index is 0.500. The molecule has 1 aromatic heterocycles. The Morgan fingerprint density at radius 1 is 1.20 bits per heavy atom. The first kappa shape index (κ1) is 14.1. The van der Waals surface area contributed by atoms with Crippen molar-refractivity contribution in [3.8, 4) is 0 Å². The lowest BCUT2D eigenvalue weighted by Crippen LogP contribution is -2.18. The molecule has 0 radical (unpaired) electrons. The van der Waals surface area contributed by atoms with Gasteiger partial charge in [0.25, 0.3) is 0 Å². The molecule has 1 aromatic rings. The van der Waals surface area contributed by atoms with Crippen LogP contribution < -0.4 is 0 Å². The highest BCUT2D eigenvalue weighted by molar-refractivity contribution is 4.63. The van der Waals surface area contributed by atoms with Crippen LogP contribution in [0.15, 0.2) is 12.4 Å². The predicted molar refractivity (Wildman–Crippen MR) is 63.7 cm³/mol. The number of likely N-dealkylation sites (N-methyl/N-ethyl adjacent to an activating group) is 1. The molecule has 1 rings (SSSR count). The Labute approximate surface area is 93.3 Å². The van der Waals surface area contributed by atoms with Crippen LogP contribution in [0.1, 0.15) is 27.7 Å². The van der Waals surface area contributed by atoms with Crippen LogP contribution in [0, 0.1) is 5.41 Å². The first-order chi connectivity index (χ1) is 6.79. The van der Waals surface area contributed by atoms with E-state index in [1.807, 2.05) is 25.0 Å². The zero-order chi connectivity index (χ0) is 11.9. The van der Waals surface area contributed by atoms with E-state index in [4.69, 9.17) is 0 Å². The molecule has 0 saturated heterocycles. The monoisotopic (exact) mass is 212 g/mol. The van der Waals surface area contributed by atoms with Gasteiger partial charge in [-0.25, -0.2) is 0 Å². The summed E-state index contributed by atoms with van der Waals surface area (Å²) in [7, 11) is 4.08. The largest absolute Gasteiger partial charge is 0.308 e. The third-order valence-corrected chi connectivity index (χ3v) is 1.25. The van der Waals surface area contributed by atoms with Crippen LogP contribution in [-0.4, -0.2) is 40.5 Å². The van der Waals surface area contributed by atoms with Gasteiger partial charge in [-0.05, 0) is 19.5 Å². The molecule has 0 spiro atoms. The van der Waals surface area contributed by atoms with Crippen molar-refractivity contribution < 1.29 is 0 Å². The molecule has 0 aliphatic carbocycles. The SMILES string of the molecule is CC(C)(C)C.CN(C)CCn1ccnn1. The van der Waals surface area contributed by atoms with Crippen LogP contribution in [0.25, 0.3) is 0 Å². The highest BCUT2D eigenvalue weighted by Gasteiger charge is 1.95.